The van der Waals surface area contributed by atoms with Gasteiger partial charge in [-0.3, -0.25) is 19.1 Å². The Hall–Kier alpha value is -4.34. The highest BCUT2D eigenvalue weighted by molar-refractivity contribution is 6.05. The van der Waals surface area contributed by atoms with Gasteiger partial charge in [-0.2, -0.15) is 0 Å². The summed E-state index contributed by atoms with van der Waals surface area (Å²) in [4.78, 5) is 36.8. The number of aryl methyl sites for hydroxylation is 1. The lowest BCUT2D eigenvalue weighted by Crippen LogP contribution is -2.32. The molecule has 0 saturated heterocycles. The third kappa shape index (κ3) is 3.53. The van der Waals surface area contributed by atoms with Crippen LogP contribution in [-0.4, -0.2) is 44.3 Å². The first-order valence-corrected chi connectivity index (χ1v) is 11.1. The van der Waals surface area contributed by atoms with E-state index in [0.717, 1.165) is 24.0 Å². The van der Waals surface area contributed by atoms with Crippen LogP contribution in [0.5, 0.6) is 11.5 Å². The average molecular weight is 458 g/mol. The van der Waals surface area contributed by atoms with Gasteiger partial charge in [-0.25, -0.2) is 9.97 Å². The number of nitrogens with zero attached hydrogens (tertiary/aromatic N) is 5. The number of nitrogens with one attached hydrogen (secondary N) is 1. The van der Waals surface area contributed by atoms with Gasteiger partial charge < -0.3 is 19.4 Å². The summed E-state index contributed by atoms with van der Waals surface area (Å²) in [5.41, 5.74) is 2.22. The number of fused-ring (bicyclic) bond motifs is 4. The Labute approximate surface area is 194 Å². The molecule has 0 bridgehead atoms. The SMILES string of the molecule is O=C(C[C@H]1C(=O)N(CCCn2ccnc2)c2nc3ccccc3n21)Nc1ccc2c(c1)OCO2. The van der Waals surface area contributed by atoms with Crippen molar-refractivity contribution in [1.82, 2.24) is 19.1 Å². The molecule has 34 heavy (non-hydrogen) atoms. The van der Waals surface area contributed by atoms with Gasteiger partial charge in [-0.15, -0.1) is 0 Å². The molecule has 2 amide bonds. The maximum Gasteiger partial charge on any atom is 0.253 e. The molecule has 0 aliphatic carbocycles. The maximum atomic E-state index is 13.4. The molecule has 0 saturated carbocycles. The Morgan fingerprint density at radius 2 is 2.00 bits per heavy atom. The van der Waals surface area contributed by atoms with Crippen molar-refractivity contribution < 1.29 is 19.1 Å². The number of para-hydroxylation sites is 2. The first-order chi connectivity index (χ1) is 16.7. The highest BCUT2D eigenvalue weighted by Gasteiger charge is 2.40. The standard InChI is InChI=1S/C24H22N6O4/c31-22(26-16-6-7-20-21(12-16)34-15-33-20)13-19-23(32)29(10-3-9-28-11-8-25-14-28)24-27-17-4-1-2-5-18(17)30(19)24/h1-2,4-8,11-12,14,19H,3,9-10,13,15H2,(H,26,31)/t19-/m0/s1. The topological polar surface area (TPSA) is 104 Å². The van der Waals surface area contributed by atoms with Gasteiger partial charge in [0.2, 0.25) is 18.6 Å². The van der Waals surface area contributed by atoms with Crippen LogP contribution in [0.15, 0.2) is 61.2 Å². The number of ether oxygens (including phenoxy) is 2. The summed E-state index contributed by atoms with van der Waals surface area (Å²) < 4.78 is 14.6. The molecule has 10 heteroatoms. The molecule has 1 atom stereocenters. The minimum atomic E-state index is -0.662. The Kier molecular flexibility index (Phi) is 4.90. The molecule has 10 nitrogen and oxygen atoms in total. The van der Waals surface area contributed by atoms with Crippen LogP contribution in [0.4, 0.5) is 11.6 Å². The van der Waals surface area contributed by atoms with E-state index in [1.807, 2.05) is 39.6 Å². The van der Waals surface area contributed by atoms with Crippen molar-refractivity contribution in [3.63, 3.8) is 0 Å². The zero-order valence-corrected chi connectivity index (χ0v) is 18.3. The number of hydrogen-bond acceptors (Lipinski definition) is 6. The molecule has 0 fully saturated rings. The number of anilines is 2. The van der Waals surface area contributed by atoms with Crippen LogP contribution in [-0.2, 0) is 16.1 Å². The van der Waals surface area contributed by atoms with Gasteiger partial charge in [0.05, 0.1) is 23.8 Å². The minimum absolute atomic E-state index is 0.00134. The fraction of sp³-hybridized carbons (Fsp3) is 0.250. The molecule has 4 heterocycles. The summed E-state index contributed by atoms with van der Waals surface area (Å²) >= 11 is 0. The number of carbonyl (C=O) groups excluding carboxylic acids is 2. The average Bonchev–Trinajstić information content (AvgIpc) is 3.62. The number of benzene rings is 2. The summed E-state index contributed by atoms with van der Waals surface area (Å²) in [5.74, 6) is 1.42. The van der Waals surface area contributed by atoms with E-state index >= 15 is 0 Å². The normalized spacial score (nSPS) is 16.3. The number of aromatic nitrogens is 4. The van der Waals surface area contributed by atoms with Gasteiger partial charge in [0.1, 0.15) is 6.04 Å². The van der Waals surface area contributed by atoms with Gasteiger partial charge in [0.15, 0.2) is 11.5 Å². The van der Waals surface area contributed by atoms with E-state index in [1.54, 1.807) is 35.6 Å². The summed E-state index contributed by atoms with van der Waals surface area (Å²) in [7, 11) is 0. The van der Waals surface area contributed by atoms with Gasteiger partial charge in [0, 0.05) is 37.2 Å². The molecular formula is C24H22N6O4. The van der Waals surface area contributed by atoms with Crippen molar-refractivity contribution in [2.24, 2.45) is 0 Å². The van der Waals surface area contributed by atoms with Crippen LogP contribution in [0.25, 0.3) is 11.0 Å². The molecule has 172 valence electrons. The zero-order valence-electron chi connectivity index (χ0n) is 18.3. The lowest BCUT2D eigenvalue weighted by Gasteiger charge is -2.16. The molecule has 0 spiro atoms. The molecular weight excluding hydrogens is 436 g/mol. The molecule has 2 aromatic heterocycles. The molecule has 4 aromatic rings. The first-order valence-electron chi connectivity index (χ1n) is 11.1. The summed E-state index contributed by atoms with van der Waals surface area (Å²) in [5, 5.41) is 2.88. The summed E-state index contributed by atoms with van der Waals surface area (Å²) in [6.07, 6.45) is 6.12. The van der Waals surface area contributed by atoms with E-state index in [2.05, 4.69) is 10.3 Å². The largest absolute Gasteiger partial charge is 0.454 e. The van der Waals surface area contributed by atoms with Crippen LogP contribution in [0.2, 0.25) is 0 Å². The molecule has 2 aromatic carbocycles. The van der Waals surface area contributed by atoms with Crippen LogP contribution in [0, 0.1) is 0 Å². The highest BCUT2D eigenvalue weighted by atomic mass is 16.7. The van der Waals surface area contributed by atoms with Gasteiger partial charge in [-0.05, 0) is 30.7 Å². The molecule has 0 unspecified atom stereocenters. The van der Waals surface area contributed by atoms with E-state index in [9.17, 15) is 9.59 Å². The fourth-order valence-corrected chi connectivity index (χ4v) is 4.50. The van der Waals surface area contributed by atoms with Gasteiger partial charge >= 0.3 is 0 Å². The monoisotopic (exact) mass is 458 g/mol. The highest BCUT2D eigenvalue weighted by Crippen LogP contribution is 2.37. The van der Waals surface area contributed by atoms with Crippen molar-refractivity contribution in [2.45, 2.75) is 25.4 Å². The predicted molar refractivity (Wildman–Crippen MR) is 124 cm³/mol. The first kappa shape index (κ1) is 20.3. The van der Waals surface area contributed by atoms with Crippen molar-refractivity contribution in [3.05, 3.63) is 61.2 Å². The van der Waals surface area contributed by atoms with Gasteiger partial charge in [-0.1, -0.05) is 12.1 Å². The van der Waals surface area contributed by atoms with Crippen LogP contribution in [0.1, 0.15) is 18.9 Å². The molecule has 1 N–H and O–H groups in total. The molecule has 0 radical (unpaired) electrons. The summed E-state index contributed by atoms with van der Waals surface area (Å²) in [6, 6.07) is 12.2. The second kappa shape index (κ2) is 8.22. The predicted octanol–water partition coefficient (Wildman–Crippen LogP) is 2.97. The lowest BCUT2D eigenvalue weighted by molar-refractivity contribution is -0.124. The Morgan fingerprint density at radius 3 is 2.88 bits per heavy atom. The quantitative estimate of drug-likeness (QED) is 0.457. The molecule has 2 aliphatic heterocycles. The second-order valence-electron chi connectivity index (χ2n) is 8.25. The molecule has 2 aliphatic rings. The van der Waals surface area contributed by atoms with Gasteiger partial charge in [0.25, 0.3) is 5.91 Å². The van der Waals surface area contributed by atoms with Crippen molar-refractivity contribution in [1.29, 1.82) is 0 Å². The smallest absolute Gasteiger partial charge is 0.253 e. The summed E-state index contributed by atoms with van der Waals surface area (Å²) in [6.45, 7) is 1.40. The van der Waals surface area contributed by atoms with Crippen LogP contribution >= 0.6 is 0 Å². The van der Waals surface area contributed by atoms with E-state index in [1.165, 1.54) is 0 Å². The number of rotatable bonds is 7. The lowest BCUT2D eigenvalue weighted by atomic mass is 10.1. The van der Waals surface area contributed by atoms with Crippen molar-refractivity contribution >= 4 is 34.5 Å². The number of carbonyl (C=O) groups is 2. The van der Waals surface area contributed by atoms with Crippen molar-refractivity contribution in [3.8, 4) is 11.5 Å². The Bertz CT molecular complexity index is 1380. The Morgan fingerprint density at radius 1 is 1.12 bits per heavy atom. The van der Waals surface area contributed by atoms with Crippen LogP contribution < -0.4 is 19.7 Å². The minimum Gasteiger partial charge on any atom is -0.454 e. The van der Waals surface area contributed by atoms with Crippen molar-refractivity contribution in [2.75, 3.05) is 23.6 Å². The third-order valence-electron chi connectivity index (χ3n) is 6.07. The Balaban J connectivity index is 1.23. The number of hydrogen-bond donors (Lipinski definition) is 1. The number of amides is 2. The number of imidazole rings is 2. The fourth-order valence-electron chi connectivity index (χ4n) is 4.50. The third-order valence-corrected chi connectivity index (χ3v) is 6.07. The second-order valence-corrected chi connectivity index (χ2v) is 8.25. The van der Waals surface area contributed by atoms with E-state index in [-0.39, 0.29) is 25.0 Å². The van der Waals surface area contributed by atoms with E-state index < -0.39 is 6.04 Å². The zero-order chi connectivity index (χ0) is 23.1. The van der Waals surface area contributed by atoms with E-state index in [4.69, 9.17) is 14.5 Å². The van der Waals surface area contributed by atoms with E-state index in [0.29, 0.717) is 29.7 Å². The maximum absolute atomic E-state index is 13.4. The van der Waals surface area contributed by atoms with Crippen LogP contribution in [0.3, 0.4) is 0 Å². The molecule has 6 rings (SSSR count).